The molecule has 0 fully saturated rings. The van der Waals surface area contributed by atoms with Crippen LogP contribution < -0.4 is 5.32 Å². The molecule has 0 aliphatic rings. The molecule has 0 aliphatic heterocycles. The molecule has 0 saturated heterocycles. The second-order valence-corrected chi connectivity index (χ2v) is 3.88. The molecule has 0 radical (unpaired) electrons. The van der Waals surface area contributed by atoms with E-state index in [-0.39, 0.29) is 5.91 Å². The van der Waals surface area contributed by atoms with E-state index in [1.54, 1.807) is 17.9 Å². The topological polar surface area (TPSA) is 59.8 Å². The summed E-state index contributed by atoms with van der Waals surface area (Å²) >= 11 is 6.03. The average molecular weight is 251 g/mol. The summed E-state index contributed by atoms with van der Waals surface area (Å²) in [6.45, 7) is 0.490. The van der Waals surface area contributed by atoms with Crippen molar-refractivity contribution in [1.82, 2.24) is 20.3 Å². The number of carbonyl (C=O) groups excluding carboxylic acids is 1. The van der Waals surface area contributed by atoms with Crippen LogP contribution in [0.5, 0.6) is 0 Å². The number of carbonyl (C=O) groups is 1. The highest BCUT2D eigenvalue weighted by Crippen LogP contribution is 2.15. The number of nitrogens with one attached hydrogen (secondary N) is 1. The number of halogens is 1. The van der Waals surface area contributed by atoms with Crippen LogP contribution in [0.1, 0.15) is 16.1 Å². The van der Waals surface area contributed by atoms with Gasteiger partial charge in [0.1, 0.15) is 0 Å². The molecule has 0 saturated carbocycles. The van der Waals surface area contributed by atoms with Gasteiger partial charge in [-0.15, -0.1) is 5.10 Å². The molecule has 0 spiro atoms. The van der Waals surface area contributed by atoms with Crippen molar-refractivity contribution < 1.29 is 4.79 Å². The zero-order chi connectivity index (χ0) is 12.3. The molecule has 2 aromatic rings. The largest absolute Gasteiger partial charge is 0.354 e. The lowest BCUT2D eigenvalue weighted by molar-refractivity contribution is 0.0958. The first kappa shape index (κ1) is 11.6. The Kier molecular flexibility index (Phi) is 3.39. The van der Waals surface area contributed by atoms with Crippen molar-refractivity contribution in [2.75, 3.05) is 7.05 Å². The zero-order valence-electron chi connectivity index (χ0n) is 9.22. The summed E-state index contributed by atoms with van der Waals surface area (Å²) in [6.07, 6.45) is 1.59. The summed E-state index contributed by atoms with van der Waals surface area (Å²) in [4.78, 5) is 11.3. The highest BCUT2D eigenvalue weighted by Gasteiger charge is 2.09. The SMILES string of the molecule is CNC(=O)c1cn(Cc2ccccc2Cl)nn1. The van der Waals surface area contributed by atoms with Gasteiger partial charge in [-0.2, -0.15) is 0 Å². The van der Waals surface area contributed by atoms with E-state index >= 15 is 0 Å². The van der Waals surface area contributed by atoms with E-state index in [1.165, 1.54) is 0 Å². The predicted molar refractivity (Wildman–Crippen MR) is 64.0 cm³/mol. The van der Waals surface area contributed by atoms with Crippen LogP contribution in [-0.4, -0.2) is 27.9 Å². The highest BCUT2D eigenvalue weighted by molar-refractivity contribution is 6.31. The van der Waals surface area contributed by atoms with Crippen molar-refractivity contribution in [2.24, 2.45) is 0 Å². The maximum absolute atomic E-state index is 11.3. The van der Waals surface area contributed by atoms with Gasteiger partial charge in [-0.25, -0.2) is 4.68 Å². The molecule has 1 heterocycles. The van der Waals surface area contributed by atoms with Crippen LogP contribution in [0.15, 0.2) is 30.5 Å². The van der Waals surface area contributed by atoms with Crippen LogP contribution >= 0.6 is 11.6 Å². The number of benzene rings is 1. The number of hydrogen-bond donors (Lipinski definition) is 1. The Balaban J connectivity index is 2.17. The summed E-state index contributed by atoms with van der Waals surface area (Å²) in [5.41, 5.74) is 1.22. The van der Waals surface area contributed by atoms with Crippen molar-refractivity contribution in [2.45, 2.75) is 6.54 Å². The lowest BCUT2D eigenvalue weighted by atomic mass is 10.2. The Hall–Kier alpha value is -1.88. The molecule has 1 aromatic heterocycles. The Morgan fingerprint density at radius 3 is 2.94 bits per heavy atom. The first-order chi connectivity index (χ1) is 8.20. The van der Waals surface area contributed by atoms with Crippen LogP contribution in [-0.2, 0) is 6.54 Å². The normalized spacial score (nSPS) is 10.2. The molecule has 5 nitrogen and oxygen atoms in total. The molecule has 0 bridgehead atoms. The molecule has 0 unspecified atom stereocenters. The fraction of sp³-hybridized carbons (Fsp3) is 0.182. The van der Waals surface area contributed by atoms with Gasteiger partial charge < -0.3 is 5.32 Å². The highest BCUT2D eigenvalue weighted by atomic mass is 35.5. The summed E-state index contributed by atoms with van der Waals surface area (Å²) in [7, 11) is 1.55. The van der Waals surface area contributed by atoms with E-state index in [0.29, 0.717) is 17.3 Å². The van der Waals surface area contributed by atoms with E-state index in [0.717, 1.165) is 5.56 Å². The smallest absolute Gasteiger partial charge is 0.273 e. The van der Waals surface area contributed by atoms with Crippen LogP contribution in [0.4, 0.5) is 0 Å². The van der Waals surface area contributed by atoms with Crippen LogP contribution in [0.2, 0.25) is 5.02 Å². The second kappa shape index (κ2) is 4.97. The van der Waals surface area contributed by atoms with Crippen molar-refractivity contribution >= 4 is 17.5 Å². The lowest BCUT2D eigenvalue weighted by Gasteiger charge is -2.02. The van der Waals surface area contributed by atoms with E-state index in [4.69, 9.17) is 11.6 Å². The quantitative estimate of drug-likeness (QED) is 0.894. The van der Waals surface area contributed by atoms with Crippen molar-refractivity contribution in [3.8, 4) is 0 Å². The number of aromatic nitrogens is 3. The van der Waals surface area contributed by atoms with Gasteiger partial charge in [0.25, 0.3) is 5.91 Å². The van der Waals surface area contributed by atoms with Crippen molar-refractivity contribution in [3.05, 3.63) is 46.7 Å². The summed E-state index contributed by atoms with van der Waals surface area (Å²) < 4.78 is 1.58. The van der Waals surface area contributed by atoms with E-state index in [9.17, 15) is 4.79 Å². The van der Waals surface area contributed by atoms with Gasteiger partial charge in [0.15, 0.2) is 5.69 Å². The van der Waals surface area contributed by atoms with Crippen LogP contribution in [0, 0.1) is 0 Å². The molecule has 1 N–H and O–H groups in total. The maximum Gasteiger partial charge on any atom is 0.273 e. The van der Waals surface area contributed by atoms with Gasteiger partial charge in [-0.05, 0) is 11.6 Å². The Labute approximate surface area is 103 Å². The molecule has 1 amide bonds. The van der Waals surface area contributed by atoms with Crippen molar-refractivity contribution in [3.63, 3.8) is 0 Å². The van der Waals surface area contributed by atoms with Gasteiger partial charge in [0.05, 0.1) is 12.7 Å². The maximum atomic E-state index is 11.3. The van der Waals surface area contributed by atoms with E-state index < -0.39 is 0 Å². The molecule has 17 heavy (non-hydrogen) atoms. The number of rotatable bonds is 3. The van der Waals surface area contributed by atoms with E-state index in [2.05, 4.69) is 15.6 Å². The van der Waals surface area contributed by atoms with Gasteiger partial charge >= 0.3 is 0 Å². The minimum Gasteiger partial charge on any atom is -0.354 e. The second-order valence-electron chi connectivity index (χ2n) is 3.47. The number of hydrogen-bond acceptors (Lipinski definition) is 3. The Bertz CT molecular complexity index is 538. The van der Waals surface area contributed by atoms with E-state index in [1.807, 2.05) is 24.3 Å². The molecule has 2 rings (SSSR count). The average Bonchev–Trinajstić information content (AvgIpc) is 2.80. The molecular weight excluding hydrogens is 240 g/mol. The van der Waals surface area contributed by atoms with Gasteiger partial charge in [0.2, 0.25) is 0 Å². The fourth-order valence-corrected chi connectivity index (χ4v) is 1.60. The van der Waals surface area contributed by atoms with Gasteiger partial charge in [-0.1, -0.05) is 35.0 Å². The Morgan fingerprint density at radius 2 is 2.24 bits per heavy atom. The number of nitrogens with zero attached hydrogens (tertiary/aromatic N) is 3. The first-order valence-electron chi connectivity index (χ1n) is 5.06. The molecule has 6 heteroatoms. The van der Waals surface area contributed by atoms with Crippen LogP contribution in [0.3, 0.4) is 0 Å². The Morgan fingerprint density at radius 1 is 1.47 bits per heavy atom. The predicted octanol–water partition coefficient (Wildman–Crippen LogP) is 1.34. The molecular formula is C11H11ClN4O. The van der Waals surface area contributed by atoms with Gasteiger partial charge in [-0.3, -0.25) is 4.79 Å². The molecule has 0 aliphatic carbocycles. The number of amides is 1. The summed E-state index contributed by atoms with van der Waals surface area (Å²) in [5.74, 6) is -0.254. The fourth-order valence-electron chi connectivity index (χ4n) is 1.41. The standard InChI is InChI=1S/C11H11ClN4O/c1-13-11(17)10-7-16(15-14-10)6-8-4-2-3-5-9(8)12/h2-5,7H,6H2,1H3,(H,13,17). The van der Waals surface area contributed by atoms with Crippen molar-refractivity contribution in [1.29, 1.82) is 0 Å². The third-order valence-corrected chi connectivity index (χ3v) is 2.66. The molecule has 1 aromatic carbocycles. The minimum absolute atomic E-state index is 0.254. The third-order valence-electron chi connectivity index (χ3n) is 2.29. The summed E-state index contributed by atoms with van der Waals surface area (Å²) in [6, 6.07) is 7.48. The minimum atomic E-state index is -0.254. The monoisotopic (exact) mass is 250 g/mol. The third kappa shape index (κ3) is 2.62. The zero-order valence-corrected chi connectivity index (χ0v) is 9.98. The van der Waals surface area contributed by atoms with Crippen LogP contribution in [0.25, 0.3) is 0 Å². The molecule has 88 valence electrons. The van der Waals surface area contributed by atoms with Gasteiger partial charge in [0, 0.05) is 12.1 Å². The first-order valence-corrected chi connectivity index (χ1v) is 5.44. The molecule has 0 atom stereocenters. The lowest BCUT2D eigenvalue weighted by Crippen LogP contribution is -2.18. The summed E-state index contributed by atoms with van der Waals surface area (Å²) in [5, 5.41) is 10.8.